The number of halogens is 1. The molecule has 1 aliphatic heterocycles. The molecule has 4 aliphatic carbocycles. The van der Waals surface area contributed by atoms with Gasteiger partial charge in [-0.2, -0.15) is 10.1 Å². The van der Waals surface area contributed by atoms with Gasteiger partial charge in [0.1, 0.15) is 11.5 Å². The Morgan fingerprint density at radius 3 is 2.42 bits per heavy atom. The first-order valence-corrected chi connectivity index (χ1v) is 10.9. The minimum Gasteiger partial charge on any atom is -0.455 e. The Balaban J connectivity index is 1.26. The lowest BCUT2D eigenvalue weighted by Gasteiger charge is -2.37. The first-order chi connectivity index (χ1) is 14.9. The van der Waals surface area contributed by atoms with Crippen LogP contribution in [0.5, 0.6) is 0 Å². The fraction of sp³-hybridized carbons (Fsp3) is 0.318. The van der Waals surface area contributed by atoms with Crippen LogP contribution in [0.15, 0.2) is 56.5 Å². The number of nitrogens with zero attached hydrogens (tertiary/aromatic N) is 3. The summed E-state index contributed by atoms with van der Waals surface area (Å²) in [4.78, 5) is 36.8. The average Bonchev–Trinajstić information content (AvgIpc) is 3.39. The van der Waals surface area contributed by atoms with Crippen molar-refractivity contribution in [2.75, 3.05) is 0 Å². The third-order valence-electron chi connectivity index (χ3n) is 6.99. The number of hydrazone groups is 1. The van der Waals surface area contributed by atoms with Gasteiger partial charge in [0, 0.05) is 10.5 Å². The number of hydrogen-bond donors (Lipinski definition) is 0. The SMILES string of the molecule is O=C1[C@@H]2[C@@H]3C=C[C@@H]([C@@H]4C[C@H]34)[C@@H]2C(=O)N1/N=C\c1ccc(-c2ccc(Br)cc2[N+](=O)[O-])o1. The Hall–Kier alpha value is -3.07. The van der Waals surface area contributed by atoms with Crippen molar-refractivity contribution in [3.8, 4) is 11.3 Å². The fourth-order valence-corrected chi connectivity index (χ4v) is 5.95. The monoisotopic (exact) mass is 481 g/mol. The van der Waals surface area contributed by atoms with E-state index in [-0.39, 0.29) is 41.2 Å². The van der Waals surface area contributed by atoms with Crippen molar-refractivity contribution in [3.05, 3.63) is 62.8 Å². The number of amides is 2. The Morgan fingerprint density at radius 2 is 1.77 bits per heavy atom. The minimum absolute atomic E-state index is 0.0947. The van der Waals surface area contributed by atoms with Gasteiger partial charge in [0.15, 0.2) is 0 Å². The molecule has 7 rings (SSSR count). The highest BCUT2D eigenvalue weighted by Crippen LogP contribution is 2.65. The molecule has 0 unspecified atom stereocenters. The van der Waals surface area contributed by atoms with Crippen molar-refractivity contribution in [1.82, 2.24) is 5.01 Å². The normalized spacial score (nSPS) is 32.6. The maximum absolute atomic E-state index is 13.0. The van der Waals surface area contributed by atoms with Gasteiger partial charge in [-0.3, -0.25) is 19.7 Å². The third-order valence-corrected chi connectivity index (χ3v) is 7.48. The average molecular weight is 482 g/mol. The second-order valence-electron chi connectivity index (χ2n) is 8.51. The number of carbonyl (C=O) groups is 2. The molecule has 5 aliphatic rings. The Labute approximate surface area is 184 Å². The van der Waals surface area contributed by atoms with E-state index >= 15 is 0 Å². The topological polar surface area (TPSA) is 106 Å². The number of furan rings is 1. The van der Waals surface area contributed by atoms with E-state index < -0.39 is 4.92 Å². The summed E-state index contributed by atoms with van der Waals surface area (Å²) in [7, 11) is 0. The molecule has 0 spiro atoms. The van der Waals surface area contributed by atoms with Crippen LogP contribution in [0.1, 0.15) is 12.2 Å². The summed E-state index contributed by atoms with van der Waals surface area (Å²) in [5.41, 5.74) is 0.233. The lowest BCUT2D eigenvalue weighted by Crippen LogP contribution is -2.40. The lowest BCUT2D eigenvalue weighted by atomic mass is 9.63. The van der Waals surface area contributed by atoms with E-state index in [9.17, 15) is 19.7 Å². The number of imide groups is 1. The van der Waals surface area contributed by atoms with Crippen molar-refractivity contribution >= 4 is 39.6 Å². The third kappa shape index (κ3) is 2.69. The van der Waals surface area contributed by atoms with E-state index in [0.29, 0.717) is 33.4 Å². The number of nitro benzene ring substituents is 1. The quantitative estimate of drug-likeness (QED) is 0.215. The molecular weight excluding hydrogens is 466 g/mol. The van der Waals surface area contributed by atoms with Gasteiger partial charge in [-0.05, 0) is 54.4 Å². The van der Waals surface area contributed by atoms with Gasteiger partial charge in [-0.25, -0.2) is 0 Å². The van der Waals surface area contributed by atoms with Crippen LogP contribution in [0.2, 0.25) is 0 Å². The molecule has 9 heteroatoms. The first kappa shape index (κ1) is 18.7. The van der Waals surface area contributed by atoms with Crippen molar-refractivity contribution in [3.63, 3.8) is 0 Å². The molecule has 2 amide bonds. The molecular formula is C22H16BrN3O5. The van der Waals surface area contributed by atoms with Gasteiger partial charge < -0.3 is 4.42 Å². The molecule has 3 fully saturated rings. The van der Waals surface area contributed by atoms with Crippen molar-refractivity contribution < 1.29 is 18.9 Å². The maximum atomic E-state index is 13.0. The van der Waals surface area contributed by atoms with Gasteiger partial charge in [-0.1, -0.05) is 28.1 Å². The van der Waals surface area contributed by atoms with Gasteiger partial charge in [0.05, 0.1) is 28.5 Å². The summed E-state index contributed by atoms with van der Waals surface area (Å²) in [5.74, 6) is 0.856. The molecule has 2 heterocycles. The van der Waals surface area contributed by atoms with Crippen molar-refractivity contribution in [2.24, 2.45) is 40.6 Å². The van der Waals surface area contributed by atoms with Gasteiger partial charge in [-0.15, -0.1) is 0 Å². The molecule has 0 radical (unpaired) electrons. The molecule has 156 valence electrons. The number of benzene rings is 1. The van der Waals surface area contributed by atoms with E-state index in [4.69, 9.17) is 4.42 Å². The van der Waals surface area contributed by atoms with Crippen LogP contribution in [0.25, 0.3) is 11.3 Å². The van der Waals surface area contributed by atoms with Crippen LogP contribution in [0, 0.1) is 45.6 Å². The molecule has 31 heavy (non-hydrogen) atoms. The second kappa shape index (κ2) is 6.46. The van der Waals surface area contributed by atoms with E-state index in [1.807, 2.05) is 0 Å². The predicted octanol–water partition coefficient (Wildman–Crippen LogP) is 4.00. The van der Waals surface area contributed by atoms with Crippen LogP contribution in [0.4, 0.5) is 5.69 Å². The van der Waals surface area contributed by atoms with Crippen LogP contribution < -0.4 is 0 Å². The van der Waals surface area contributed by atoms with Crippen LogP contribution >= 0.6 is 15.9 Å². The molecule has 2 saturated carbocycles. The molecule has 2 bridgehead atoms. The summed E-state index contributed by atoms with van der Waals surface area (Å²) >= 11 is 3.23. The largest absolute Gasteiger partial charge is 0.455 e. The van der Waals surface area contributed by atoms with E-state index in [1.54, 1.807) is 24.3 Å². The second-order valence-corrected chi connectivity index (χ2v) is 9.42. The fourth-order valence-electron chi connectivity index (χ4n) is 5.60. The van der Waals surface area contributed by atoms with E-state index in [0.717, 1.165) is 11.4 Å². The molecule has 1 saturated heterocycles. The molecule has 1 aromatic heterocycles. The van der Waals surface area contributed by atoms with Crippen LogP contribution in [-0.2, 0) is 9.59 Å². The smallest absolute Gasteiger partial charge is 0.281 e. The Kier molecular flexibility index (Phi) is 3.89. The number of allylic oxidation sites excluding steroid dienone is 2. The summed E-state index contributed by atoms with van der Waals surface area (Å²) in [6.07, 6.45) is 6.65. The number of rotatable bonds is 4. The van der Waals surface area contributed by atoms with Crippen molar-refractivity contribution in [2.45, 2.75) is 6.42 Å². The molecule has 1 aromatic carbocycles. The summed E-state index contributed by atoms with van der Waals surface area (Å²) in [6.45, 7) is 0. The zero-order valence-electron chi connectivity index (χ0n) is 16.1. The summed E-state index contributed by atoms with van der Waals surface area (Å²) in [5, 5.41) is 16.5. The zero-order chi connectivity index (χ0) is 21.4. The van der Waals surface area contributed by atoms with Crippen LogP contribution in [0.3, 0.4) is 0 Å². The van der Waals surface area contributed by atoms with E-state index in [2.05, 4.69) is 33.2 Å². The van der Waals surface area contributed by atoms with Gasteiger partial charge >= 0.3 is 0 Å². The Morgan fingerprint density at radius 1 is 1.10 bits per heavy atom. The predicted molar refractivity (Wildman–Crippen MR) is 113 cm³/mol. The van der Waals surface area contributed by atoms with Gasteiger partial charge in [0.2, 0.25) is 0 Å². The molecule has 0 N–H and O–H groups in total. The maximum Gasteiger partial charge on any atom is 0.281 e. The summed E-state index contributed by atoms with van der Waals surface area (Å²) < 4.78 is 6.29. The number of nitro groups is 1. The Bertz CT molecular complexity index is 1180. The highest BCUT2D eigenvalue weighted by Gasteiger charge is 2.67. The van der Waals surface area contributed by atoms with Crippen molar-refractivity contribution in [1.29, 1.82) is 0 Å². The number of hydrogen-bond acceptors (Lipinski definition) is 6. The molecule has 6 atom stereocenters. The van der Waals surface area contributed by atoms with E-state index in [1.165, 1.54) is 12.3 Å². The van der Waals surface area contributed by atoms with Gasteiger partial charge in [0.25, 0.3) is 17.5 Å². The zero-order valence-corrected chi connectivity index (χ0v) is 17.6. The van der Waals surface area contributed by atoms with Crippen LogP contribution in [-0.4, -0.2) is 28.0 Å². The molecule has 8 nitrogen and oxygen atoms in total. The highest BCUT2D eigenvalue weighted by molar-refractivity contribution is 9.10. The highest BCUT2D eigenvalue weighted by atomic mass is 79.9. The lowest BCUT2D eigenvalue weighted by molar-refractivity contribution is -0.384. The first-order valence-electron chi connectivity index (χ1n) is 10.1. The molecule has 2 aromatic rings. The standard InChI is InChI=1S/C22H16BrN3O5/c23-10-1-3-14(17(7-10)26(29)30)18-6-2-11(31-18)9-24-25-21(27)19-12-4-5-13(16-8-15(12)16)20(19)22(25)28/h1-7,9,12-13,15-16,19-20H,8H2/b24-9-/t12-,13+,15-,16+,19-,20+. The summed E-state index contributed by atoms with van der Waals surface area (Å²) in [6, 6.07) is 7.89. The minimum atomic E-state index is -0.480. The number of carbonyl (C=O) groups excluding carboxylic acids is 2.